The average Bonchev–Trinajstić information content (AvgIpc) is 2.80. The van der Waals surface area contributed by atoms with Gasteiger partial charge in [0.25, 0.3) is 0 Å². The number of aliphatic hydroxyl groups is 1. The van der Waals surface area contributed by atoms with Crippen LogP contribution in [-0.4, -0.2) is 54.0 Å². The fraction of sp³-hybridized carbons (Fsp3) is 0.900. The van der Waals surface area contributed by atoms with Gasteiger partial charge in [-0.05, 0) is 0 Å². The predicted octanol–water partition coefficient (Wildman–Crippen LogP) is -0.693. The number of ether oxygens (including phenoxy) is 1. The SMILES string of the molecule is O=C(NCC1(O)CCOCC1)C1CSCN1. The molecule has 0 radical (unpaired) electrons. The lowest BCUT2D eigenvalue weighted by atomic mass is 9.94. The maximum absolute atomic E-state index is 11.7. The van der Waals surface area contributed by atoms with Gasteiger partial charge in [-0.25, -0.2) is 0 Å². The van der Waals surface area contributed by atoms with Crippen LogP contribution in [0.3, 0.4) is 0 Å². The zero-order valence-electron chi connectivity index (χ0n) is 9.20. The van der Waals surface area contributed by atoms with Crippen molar-refractivity contribution in [2.75, 3.05) is 31.4 Å². The summed E-state index contributed by atoms with van der Waals surface area (Å²) < 4.78 is 5.18. The molecular formula is C10H18N2O3S. The predicted molar refractivity (Wildman–Crippen MR) is 62.3 cm³/mol. The molecule has 0 aliphatic carbocycles. The summed E-state index contributed by atoms with van der Waals surface area (Å²) in [5.74, 6) is 1.63. The summed E-state index contributed by atoms with van der Waals surface area (Å²) in [6.07, 6.45) is 1.19. The van der Waals surface area contributed by atoms with Crippen LogP contribution in [-0.2, 0) is 9.53 Å². The average molecular weight is 246 g/mol. The van der Waals surface area contributed by atoms with Crippen molar-refractivity contribution in [3.8, 4) is 0 Å². The second-order valence-electron chi connectivity index (χ2n) is 4.33. The number of thioether (sulfide) groups is 1. The third-order valence-electron chi connectivity index (χ3n) is 3.05. The van der Waals surface area contributed by atoms with Crippen molar-refractivity contribution in [1.29, 1.82) is 0 Å². The molecule has 2 rings (SSSR count). The van der Waals surface area contributed by atoms with E-state index in [2.05, 4.69) is 10.6 Å². The zero-order valence-corrected chi connectivity index (χ0v) is 10.0. The van der Waals surface area contributed by atoms with Gasteiger partial charge in [0.1, 0.15) is 0 Å². The molecule has 16 heavy (non-hydrogen) atoms. The van der Waals surface area contributed by atoms with Crippen molar-refractivity contribution in [2.45, 2.75) is 24.5 Å². The van der Waals surface area contributed by atoms with E-state index in [4.69, 9.17) is 4.74 Å². The minimum atomic E-state index is -0.778. The number of amides is 1. The summed E-state index contributed by atoms with van der Waals surface area (Å²) in [6, 6.07) is -0.103. The molecule has 2 saturated heterocycles. The van der Waals surface area contributed by atoms with Crippen molar-refractivity contribution in [1.82, 2.24) is 10.6 Å². The number of carbonyl (C=O) groups excluding carboxylic acids is 1. The molecule has 3 N–H and O–H groups in total. The first-order valence-electron chi connectivity index (χ1n) is 5.59. The van der Waals surface area contributed by atoms with Gasteiger partial charge in [0.2, 0.25) is 5.91 Å². The van der Waals surface area contributed by atoms with E-state index in [0.29, 0.717) is 32.6 Å². The van der Waals surface area contributed by atoms with Crippen LogP contribution < -0.4 is 10.6 Å². The quantitative estimate of drug-likeness (QED) is 0.615. The van der Waals surface area contributed by atoms with Crippen LogP contribution in [0.25, 0.3) is 0 Å². The highest BCUT2D eigenvalue weighted by Crippen LogP contribution is 2.19. The lowest BCUT2D eigenvalue weighted by Gasteiger charge is -2.32. The van der Waals surface area contributed by atoms with Crippen molar-refractivity contribution in [3.05, 3.63) is 0 Å². The van der Waals surface area contributed by atoms with Crippen LogP contribution in [0, 0.1) is 0 Å². The molecule has 0 aromatic heterocycles. The van der Waals surface area contributed by atoms with Gasteiger partial charge in [0.05, 0.1) is 11.6 Å². The molecule has 0 saturated carbocycles. The summed E-state index contributed by atoms with van der Waals surface area (Å²) in [5, 5.41) is 16.1. The highest BCUT2D eigenvalue weighted by Gasteiger charge is 2.31. The van der Waals surface area contributed by atoms with Gasteiger partial charge in [-0.2, -0.15) is 0 Å². The van der Waals surface area contributed by atoms with E-state index in [-0.39, 0.29) is 11.9 Å². The fourth-order valence-corrected chi connectivity index (χ4v) is 2.81. The Morgan fingerprint density at radius 2 is 2.31 bits per heavy atom. The standard InChI is InChI=1S/C10H18N2O3S/c13-9(8-5-16-7-12-8)11-6-10(14)1-3-15-4-2-10/h8,12,14H,1-7H2,(H,11,13). The molecule has 0 aromatic carbocycles. The molecule has 92 valence electrons. The van der Waals surface area contributed by atoms with Gasteiger partial charge in [-0.15, -0.1) is 11.8 Å². The summed E-state index contributed by atoms with van der Waals surface area (Å²) in [5.41, 5.74) is -0.778. The zero-order chi connectivity index (χ0) is 11.4. The van der Waals surface area contributed by atoms with Crippen LogP contribution in [0.4, 0.5) is 0 Å². The Morgan fingerprint density at radius 1 is 1.56 bits per heavy atom. The van der Waals surface area contributed by atoms with Crippen LogP contribution in [0.15, 0.2) is 0 Å². The Morgan fingerprint density at radius 3 is 2.94 bits per heavy atom. The molecule has 0 aromatic rings. The molecule has 1 unspecified atom stereocenters. The summed E-state index contributed by atoms with van der Waals surface area (Å²) in [6.45, 7) is 1.48. The van der Waals surface area contributed by atoms with Gasteiger partial charge >= 0.3 is 0 Å². The molecule has 6 heteroatoms. The largest absolute Gasteiger partial charge is 0.388 e. The minimum absolute atomic E-state index is 0.00934. The molecule has 2 aliphatic rings. The molecular weight excluding hydrogens is 228 g/mol. The number of nitrogens with one attached hydrogen (secondary N) is 2. The second kappa shape index (κ2) is 5.35. The van der Waals surface area contributed by atoms with Crippen LogP contribution in [0.1, 0.15) is 12.8 Å². The molecule has 0 bridgehead atoms. The van der Waals surface area contributed by atoms with Crippen molar-refractivity contribution < 1.29 is 14.6 Å². The first-order valence-corrected chi connectivity index (χ1v) is 6.74. The molecule has 1 amide bonds. The van der Waals surface area contributed by atoms with E-state index >= 15 is 0 Å². The van der Waals surface area contributed by atoms with E-state index in [0.717, 1.165) is 11.6 Å². The number of rotatable bonds is 3. The molecule has 1 atom stereocenters. The van der Waals surface area contributed by atoms with Gasteiger partial charge < -0.3 is 15.2 Å². The number of hydrogen-bond acceptors (Lipinski definition) is 5. The maximum atomic E-state index is 11.7. The normalized spacial score (nSPS) is 28.9. The highest BCUT2D eigenvalue weighted by atomic mass is 32.2. The molecule has 2 aliphatic heterocycles. The van der Waals surface area contributed by atoms with Crippen molar-refractivity contribution in [2.24, 2.45) is 0 Å². The lowest BCUT2D eigenvalue weighted by Crippen LogP contribution is -2.50. The maximum Gasteiger partial charge on any atom is 0.238 e. The smallest absolute Gasteiger partial charge is 0.238 e. The Hall–Kier alpha value is -0.300. The Kier molecular flexibility index (Phi) is 4.07. The highest BCUT2D eigenvalue weighted by molar-refractivity contribution is 7.99. The lowest BCUT2D eigenvalue weighted by molar-refractivity contribution is -0.125. The third-order valence-corrected chi connectivity index (χ3v) is 3.99. The van der Waals surface area contributed by atoms with Crippen LogP contribution >= 0.6 is 11.8 Å². The Balaban J connectivity index is 1.75. The van der Waals surface area contributed by atoms with E-state index < -0.39 is 5.60 Å². The second-order valence-corrected chi connectivity index (χ2v) is 5.36. The van der Waals surface area contributed by atoms with Crippen molar-refractivity contribution in [3.63, 3.8) is 0 Å². The van der Waals surface area contributed by atoms with E-state index in [9.17, 15) is 9.90 Å². The number of hydrogen-bond donors (Lipinski definition) is 3. The molecule has 0 spiro atoms. The summed E-state index contributed by atoms with van der Waals surface area (Å²) in [4.78, 5) is 11.7. The van der Waals surface area contributed by atoms with Crippen LogP contribution in [0.5, 0.6) is 0 Å². The van der Waals surface area contributed by atoms with E-state index in [1.807, 2.05) is 0 Å². The van der Waals surface area contributed by atoms with Gasteiger partial charge in [0, 0.05) is 44.2 Å². The first kappa shape index (κ1) is 12.2. The fourth-order valence-electron chi connectivity index (χ4n) is 1.87. The molecule has 5 nitrogen and oxygen atoms in total. The monoisotopic (exact) mass is 246 g/mol. The van der Waals surface area contributed by atoms with Gasteiger partial charge in [0.15, 0.2) is 0 Å². The first-order chi connectivity index (χ1) is 7.70. The molecule has 2 fully saturated rings. The van der Waals surface area contributed by atoms with Gasteiger partial charge in [-0.1, -0.05) is 0 Å². The number of carbonyl (C=O) groups is 1. The van der Waals surface area contributed by atoms with Gasteiger partial charge in [-0.3, -0.25) is 10.1 Å². The molecule has 2 heterocycles. The summed E-state index contributed by atoms with van der Waals surface area (Å²) >= 11 is 1.72. The summed E-state index contributed by atoms with van der Waals surface area (Å²) in [7, 11) is 0. The third kappa shape index (κ3) is 3.10. The van der Waals surface area contributed by atoms with Crippen LogP contribution in [0.2, 0.25) is 0 Å². The minimum Gasteiger partial charge on any atom is -0.388 e. The topological polar surface area (TPSA) is 70.6 Å². The Bertz CT molecular complexity index is 250. The van der Waals surface area contributed by atoms with Crippen molar-refractivity contribution >= 4 is 17.7 Å². The van der Waals surface area contributed by atoms with E-state index in [1.54, 1.807) is 11.8 Å². The van der Waals surface area contributed by atoms with E-state index in [1.165, 1.54) is 0 Å². The Labute approximate surface area is 99.3 Å².